The quantitative estimate of drug-likeness (QED) is 0.494. The fraction of sp³-hybridized carbons (Fsp3) is 0.208. The number of aryl methyl sites for hydroxylation is 1. The maximum atomic E-state index is 13.6. The zero-order valence-corrected chi connectivity index (χ0v) is 20.1. The van der Waals surface area contributed by atoms with Crippen LogP contribution in [0.4, 0.5) is 4.39 Å². The van der Waals surface area contributed by atoms with Crippen molar-refractivity contribution in [3.8, 4) is 0 Å². The molecule has 8 heteroatoms. The second kappa shape index (κ2) is 8.96. The number of ether oxygens (including phenoxy) is 1. The van der Waals surface area contributed by atoms with E-state index in [-0.39, 0.29) is 17.7 Å². The van der Waals surface area contributed by atoms with Gasteiger partial charge in [-0.3, -0.25) is 9.36 Å². The van der Waals surface area contributed by atoms with E-state index in [1.807, 2.05) is 25.1 Å². The zero-order chi connectivity index (χ0) is 23.0. The van der Waals surface area contributed by atoms with Crippen LogP contribution in [0.1, 0.15) is 36.6 Å². The summed E-state index contributed by atoms with van der Waals surface area (Å²) in [5, 5.41) is 0. The van der Waals surface area contributed by atoms with Crippen molar-refractivity contribution in [2.45, 2.75) is 26.8 Å². The first kappa shape index (κ1) is 22.4. The largest absolute Gasteiger partial charge is 0.463 e. The average molecular weight is 515 g/mol. The van der Waals surface area contributed by atoms with Crippen LogP contribution in [0.5, 0.6) is 0 Å². The van der Waals surface area contributed by atoms with Crippen LogP contribution in [0.3, 0.4) is 0 Å². The Morgan fingerprint density at radius 3 is 2.62 bits per heavy atom. The third-order valence-corrected chi connectivity index (χ3v) is 7.03. The summed E-state index contributed by atoms with van der Waals surface area (Å²) in [7, 11) is 0. The Hall–Kier alpha value is -2.84. The van der Waals surface area contributed by atoms with Gasteiger partial charge in [0.15, 0.2) is 4.80 Å². The van der Waals surface area contributed by atoms with Crippen molar-refractivity contribution in [2.24, 2.45) is 4.99 Å². The van der Waals surface area contributed by atoms with E-state index >= 15 is 0 Å². The van der Waals surface area contributed by atoms with E-state index in [9.17, 15) is 14.0 Å². The molecule has 1 atom stereocenters. The molecule has 2 heterocycles. The van der Waals surface area contributed by atoms with Crippen molar-refractivity contribution >= 4 is 39.3 Å². The summed E-state index contributed by atoms with van der Waals surface area (Å²) < 4.78 is 21.8. The lowest BCUT2D eigenvalue weighted by atomic mass is 9.96. The molecule has 0 spiro atoms. The normalized spacial score (nSPS) is 16.0. The van der Waals surface area contributed by atoms with E-state index in [0.717, 1.165) is 15.6 Å². The number of carbonyl (C=O) groups excluding carboxylic acids is 1. The molecule has 0 saturated heterocycles. The van der Waals surface area contributed by atoms with Crippen LogP contribution < -0.4 is 14.9 Å². The van der Waals surface area contributed by atoms with Crippen molar-refractivity contribution in [3.05, 3.63) is 100 Å². The van der Waals surface area contributed by atoms with Crippen molar-refractivity contribution in [1.29, 1.82) is 0 Å². The van der Waals surface area contributed by atoms with Gasteiger partial charge < -0.3 is 4.74 Å². The van der Waals surface area contributed by atoms with Gasteiger partial charge in [0.2, 0.25) is 0 Å². The fourth-order valence-corrected chi connectivity index (χ4v) is 5.05. The van der Waals surface area contributed by atoms with Gasteiger partial charge in [-0.15, -0.1) is 0 Å². The molecule has 0 N–H and O–H groups in total. The molecule has 0 fully saturated rings. The molecule has 164 valence electrons. The summed E-state index contributed by atoms with van der Waals surface area (Å²) in [4.78, 5) is 31.3. The zero-order valence-electron chi connectivity index (χ0n) is 17.7. The molecule has 0 saturated carbocycles. The molecule has 1 aliphatic heterocycles. The smallest absolute Gasteiger partial charge is 0.338 e. The van der Waals surface area contributed by atoms with Gasteiger partial charge in [0.25, 0.3) is 5.56 Å². The highest BCUT2D eigenvalue weighted by Crippen LogP contribution is 2.30. The van der Waals surface area contributed by atoms with E-state index < -0.39 is 17.8 Å². The number of hydrogen-bond acceptors (Lipinski definition) is 5. The van der Waals surface area contributed by atoms with Crippen LogP contribution in [0.15, 0.2) is 68.0 Å². The molecule has 1 aliphatic rings. The number of esters is 1. The van der Waals surface area contributed by atoms with E-state index in [0.29, 0.717) is 20.6 Å². The molecule has 0 radical (unpaired) electrons. The van der Waals surface area contributed by atoms with Crippen LogP contribution in [-0.4, -0.2) is 17.1 Å². The molecule has 0 aliphatic carbocycles. The topological polar surface area (TPSA) is 60.7 Å². The number of fused-ring (bicyclic) bond motifs is 1. The Balaban J connectivity index is 1.95. The Bertz CT molecular complexity index is 1420. The van der Waals surface area contributed by atoms with Gasteiger partial charge in [0, 0.05) is 4.47 Å². The first-order chi connectivity index (χ1) is 15.3. The lowest BCUT2D eigenvalue weighted by Crippen LogP contribution is -2.39. The van der Waals surface area contributed by atoms with E-state index in [2.05, 4.69) is 20.9 Å². The van der Waals surface area contributed by atoms with Gasteiger partial charge in [-0.05, 0) is 61.7 Å². The number of hydrogen-bond donors (Lipinski definition) is 0. The molecule has 0 unspecified atom stereocenters. The van der Waals surface area contributed by atoms with Crippen LogP contribution in [0.25, 0.3) is 6.08 Å². The SMILES string of the molecule is CCOC(=O)C1=C(C)N=c2s/c(=C\c3ccc(C)c(Br)c3)c(=O)n2[C@@H]1c1ccc(F)cc1. The monoisotopic (exact) mass is 514 g/mol. The Kier molecular flexibility index (Phi) is 6.26. The Morgan fingerprint density at radius 2 is 1.97 bits per heavy atom. The summed E-state index contributed by atoms with van der Waals surface area (Å²) >= 11 is 4.77. The van der Waals surface area contributed by atoms with Crippen molar-refractivity contribution < 1.29 is 13.9 Å². The molecular weight excluding hydrogens is 495 g/mol. The number of halogens is 2. The third kappa shape index (κ3) is 4.12. The summed E-state index contributed by atoms with van der Waals surface area (Å²) in [6.45, 7) is 5.62. The van der Waals surface area contributed by atoms with E-state index in [1.165, 1.54) is 28.0 Å². The number of aromatic nitrogens is 1. The van der Waals surface area contributed by atoms with Gasteiger partial charge in [-0.1, -0.05) is 51.5 Å². The maximum Gasteiger partial charge on any atom is 0.338 e. The van der Waals surface area contributed by atoms with Crippen LogP contribution >= 0.6 is 27.3 Å². The minimum atomic E-state index is -0.752. The molecule has 2 aromatic carbocycles. The fourth-order valence-electron chi connectivity index (χ4n) is 3.60. The number of allylic oxidation sites excluding steroid dienone is 1. The summed E-state index contributed by atoms with van der Waals surface area (Å²) in [5.74, 6) is -0.940. The second-order valence-corrected chi connectivity index (χ2v) is 9.23. The molecular formula is C24H20BrFN2O3S. The number of carbonyl (C=O) groups is 1. The van der Waals surface area contributed by atoms with E-state index in [1.54, 1.807) is 32.1 Å². The lowest BCUT2D eigenvalue weighted by molar-refractivity contribution is -0.139. The van der Waals surface area contributed by atoms with Gasteiger partial charge >= 0.3 is 5.97 Å². The predicted octanol–water partition coefficient (Wildman–Crippen LogP) is 4.01. The van der Waals surface area contributed by atoms with Crippen molar-refractivity contribution in [1.82, 2.24) is 4.57 Å². The first-order valence-corrected chi connectivity index (χ1v) is 11.6. The predicted molar refractivity (Wildman–Crippen MR) is 126 cm³/mol. The van der Waals surface area contributed by atoms with Crippen LogP contribution in [0, 0.1) is 12.7 Å². The number of rotatable bonds is 4. The van der Waals surface area contributed by atoms with Gasteiger partial charge in [0.1, 0.15) is 5.82 Å². The standard InChI is InChI=1S/C24H20BrFN2O3S/c1-4-31-23(30)20-14(3)27-24-28(21(20)16-7-9-17(26)10-8-16)22(29)19(32-24)12-15-6-5-13(2)18(25)11-15/h5-12,21H,4H2,1-3H3/b19-12-/t21-/m1/s1. The molecule has 3 aromatic rings. The highest BCUT2D eigenvalue weighted by Gasteiger charge is 2.33. The van der Waals surface area contributed by atoms with E-state index in [4.69, 9.17) is 4.74 Å². The molecule has 1 aromatic heterocycles. The van der Waals surface area contributed by atoms with Gasteiger partial charge in [-0.2, -0.15) is 0 Å². The summed E-state index contributed by atoms with van der Waals surface area (Å²) in [6.07, 6.45) is 1.80. The molecule has 5 nitrogen and oxygen atoms in total. The molecule has 4 rings (SSSR count). The van der Waals surface area contributed by atoms with Crippen molar-refractivity contribution in [2.75, 3.05) is 6.61 Å². The molecule has 0 amide bonds. The number of thiazole rings is 1. The number of nitrogens with zero attached hydrogens (tertiary/aromatic N) is 2. The Labute approximate surface area is 196 Å². The van der Waals surface area contributed by atoms with Crippen LogP contribution in [-0.2, 0) is 9.53 Å². The first-order valence-electron chi connectivity index (χ1n) is 10.0. The second-order valence-electron chi connectivity index (χ2n) is 7.36. The summed E-state index contributed by atoms with van der Waals surface area (Å²) in [6, 6.07) is 10.9. The van der Waals surface area contributed by atoms with Crippen molar-refractivity contribution in [3.63, 3.8) is 0 Å². The molecule has 32 heavy (non-hydrogen) atoms. The highest BCUT2D eigenvalue weighted by molar-refractivity contribution is 9.10. The maximum absolute atomic E-state index is 13.6. The van der Waals surface area contributed by atoms with Crippen LogP contribution in [0.2, 0.25) is 0 Å². The molecule has 0 bridgehead atoms. The summed E-state index contributed by atoms with van der Waals surface area (Å²) in [5.41, 5.74) is 3.05. The van der Waals surface area contributed by atoms with Gasteiger partial charge in [0.05, 0.1) is 28.5 Å². The number of benzene rings is 2. The average Bonchev–Trinajstić information content (AvgIpc) is 3.05. The highest BCUT2D eigenvalue weighted by atomic mass is 79.9. The minimum Gasteiger partial charge on any atom is -0.463 e. The Morgan fingerprint density at radius 1 is 1.25 bits per heavy atom. The lowest BCUT2D eigenvalue weighted by Gasteiger charge is -2.24. The minimum absolute atomic E-state index is 0.193. The third-order valence-electron chi connectivity index (χ3n) is 5.20. The van der Waals surface area contributed by atoms with Gasteiger partial charge in [-0.25, -0.2) is 14.2 Å².